The molecule has 0 saturated carbocycles. The van der Waals surface area contributed by atoms with Gasteiger partial charge in [-0.05, 0) is 79.4 Å². The lowest BCUT2D eigenvalue weighted by atomic mass is 10.0. The molecular weight excluding hydrogens is 673 g/mol. The van der Waals surface area contributed by atoms with Crippen LogP contribution < -0.4 is 0 Å². The van der Waals surface area contributed by atoms with E-state index in [2.05, 4.69) is 185 Å². The molecule has 0 radical (unpaired) electrons. The van der Waals surface area contributed by atoms with Crippen LogP contribution in [0.15, 0.2) is 175 Å². The van der Waals surface area contributed by atoms with Crippen LogP contribution in [-0.4, -0.2) is 30.8 Å². The smallest absolute Gasteiger partial charge is 0.166 e. The van der Waals surface area contributed by atoms with Gasteiger partial charge in [-0.2, -0.15) is 0 Å². The van der Waals surface area contributed by atoms with Crippen molar-refractivity contribution in [3.63, 3.8) is 0 Å². The minimum absolute atomic E-state index is 0.595. The quantitative estimate of drug-likeness (QED) is 0.155. The summed E-state index contributed by atoms with van der Waals surface area (Å²) in [5, 5.41) is 4.60. The maximum Gasteiger partial charge on any atom is 0.166 e. The first-order valence-electron chi connectivity index (χ1n) is 18.3. The van der Waals surface area contributed by atoms with Gasteiger partial charge in [0.1, 0.15) is 0 Å². The van der Waals surface area contributed by atoms with Crippen LogP contribution in [-0.2, 0) is 0 Å². The largest absolute Gasteiger partial charge is 0.309 e. The van der Waals surface area contributed by atoms with Crippen molar-refractivity contribution in [1.29, 1.82) is 0 Å². The number of aliphatic imine (C=N–C) groups is 1. The zero-order valence-corrected chi connectivity index (χ0v) is 30.1. The summed E-state index contributed by atoms with van der Waals surface area (Å²) in [7, 11) is 0. The maximum absolute atomic E-state index is 5.43. The number of para-hydroxylation sites is 6. The highest BCUT2D eigenvalue weighted by Gasteiger charge is 2.23. The van der Waals surface area contributed by atoms with Crippen molar-refractivity contribution >= 4 is 56.4 Å². The van der Waals surface area contributed by atoms with Gasteiger partial charge in [0.15, 0.2) is 17.5 Å². The molecule has 0 unspecified atom stereocenters. The van der Waals surface area contributed by atoms with Crippen molar-refractivity contribution in [2.45, 2.75) is 6.92 Å². The highest BCUT2D eigenvalue weighted by Crippen LogP contribution is 2.41. The highest BCUT2D eigenvalue weighted by atomic mass is 15.1. The summed E-state index contributed by atoms with van der Waals surface area (Å²) >= 11 is 0. The summed E-state index contributed by atoms with van der Waals surface area (Å²) in [6.45, 7) is 5.74. The van der Waals surface area contributed by atoms with Crippen molar-refractivity contribution in [3.05, 3.63) is 181 Å². The second-order valence-electron chi connectivity index (χ2n) is 13.6. The lowest BCUT2D eigenvalue weighted by Gasteiger charge is -2.15. The summed E-state index contributed by atoms with van der Waals surface area (Å²) in [6, 6.07) is 57.2. The van der Waals surface area contributed by atoms with E-state index in [9.17, 15) is 0 Å². The Bertz CT molecular complexity index is 2940. The van der Waals surface area contributed by atoms with E-state index in [0.717, 1.165) is 72.0 Å². The van der Waals surface area contributed by atoms with E-state index in [-0.39, 0.29) is 0 Å². The van der Waals surface area contributed by atoms with E-state index >= 15 is 0 Å². The fraction of sp³-hybridized carbons (Fsp3) is 0.0204. The summed E-state index contributed by atoms with van der Waals surface area (Å²) in [6.07, 6.45) is 3.68. The van der Waals surface area contributed by atoms with Gasteiger partial charge in [0.05, 0.1) is 22.1 Å². The molecule has 7 aromatic carbocycles. The first-order valence-corrected chi connectivity index (χ1v) is 18.3. The summed E-state index contributed by atoms with van der Waals surface area (Å²) in [5.41, 5.74) is 11.3. The maximum atomic E-state index is 5.43. The number of aromatic nitrogens is 5. The van der Waals surface area contributed by atoms with Crippen molar-refractivity contribution in [2.24, 2.45) is 4.99 Å². The van der Waals surface area contributed by atoms with Gasteiger partial charge < -0.3 is 9.13 Å². The molecule has 0 fully saturated rings. The summed E-state index contributed by atoms with van der Waals surface area (Å²) < 4.78 is 4.66. The van der Waals surface area contributed by atoms with E-state index in [1.807, 2.05) is 12.1 Å². The molecule has 0 spiro atoms. The molecule has 260 valence electrons. The van der Waals surface area contributed by atoms with E-state index in [1.54, 1.807) is 6.20 Å². The number of benzene rings is 7. The average Bonchev–Trinajstić information content (AvgIpc) is 3.77. The van der Waals surface area contributed by atoms with Crippen LogP contribution >= 0.6 is 0 Å². The Labute approximate surface area is 318 Å². The second-order valence-corrected chi connectivity index (χ2v) is 13.6. The molecule has 55 heavy (non-hydrogen) atoms. The van der Waals surface area contributed by atoms with Crippen LogP contribution in [0.5, 0.6) is 0 Å². The summed E-state index contributed by atoms with van der Waals surface area (Å²) in [5.74, 6) is 1.79. The number of hydrogen-bond acceptors (Lipinski definition) is 4. The Morgan fingerprint density at radius 3 is 1.38 bits per heavy atom. The molecule has 10 rings (SSSR count). The van der Waals surface area contributed by atoms with Crippen LogP contribution in [0, 0.1) is 6.92 Å². The molecule has 0 aliphatic carbocycles. The van der Waals surface area contributed by atoms with Crippen molar-refractivity contribution in [1.82, 2.24) is 24.1 Å². The molecule has 0 bridgehead atoms. The van der Waals surface area contributed by atoms with E-state index < -0.39 is 0 Å². The fourth-order valence-electron chi connectivity index (χ4n) is 8.04. The number of nitrogens with zero attached hydrogens (tertiary/aromatic N) is 6. The molecule has 0 atom stereocenters. The second kappa shape index (κ2) is 13.2. The Hall–Kier alpha value is -7.44. The number of hydrogen-bond donors (Lipinski definition) is 0. The van der Waals surface area contributed by atoms with Gasteiger partial charge in [0.2, 0.25) is 0 Å². The van der Waals surface area contributed by atoms with Crippen LogP contribution in [0.25, 0.3) is 95.2 Å². The van der Waals surface area contributed by atoms with Gasteiger partial charge in [0.25, 0.3) is 0 Å². The van der Waals surface area contributed by atoms with Crippen LogP contribution in [0.3, 0.4) is 0 Å². The van der Waals surface area contributed by atoms with Crippen molar-refractivity contribution in [3.8, 4) is 45.5 Å². The lowest BCUT2D eigenvalue weighted by molar-refractivity contribution is 1.07. The molecule has 0 aliphatic rings. The zero-order valence-electron chi connectivity index (χ0n) is 30.1. The lowest BCUT2D eigenvalue weighted by Crippen LogP contribution is -2.04. The number of rotatable bonds is 7. The minimum atomic E-state index is 0.595. The normalized spacial score (nSPS) is 11.7. The van der Waals surface area contributed by atoms with Crippen LogP contribution in [0.4, 0.5) is 0 Å². The van der Waals surface area contributed by atoms with Gasteiger partial charge in [0, 0.05) is 55.8 Å². The molecule has 6 heteroatoms. The standard InChI is InChI=1S/C49H34N6/c1-32-33(30-31-50-2)16-13-23-36(32)47-51-48(41-26-14-24-39-37-21-9-11-28-43(37)54(45(39)41)34-17-5-3-6-18-34)53-49(52-47)42-27-15-25-40-38-22-10-12-29-44(38)55(46(40)42)35-19-7-4-8-20-35/h3-31H,2H2,1H3/b31-30-. The van der Waals surface area contributed by atoms with E-state index in [0.29, 0.717) is 17.5 Å². The average molecular weight is 707 g/mol. The third-order valence-corrected chi connectivity index (χ3v) is 10.5. The number of fused-ring (bicyclic) bond motifs is 6. The van der Waals surface area contributed by atoms with Crippen molar-refractivity contribution < 1.29 is 0 Å². The highest BCUT2D eigenvalue weighted by molar-refractivity contribution is 6.15. The molecule has 3 aromatic heterocycles. The van der Waals surface area contributed by atoms with Gasteiger partial charge in [-0.25, -0.2) is 15.0 Å². The van der Waals surface area contributed by atoms with Crippen molar-refractivity contribution in [2.75, 3.05) is 0 Å². The predicted molar refractivity (Wildman–Crippen MR) is 228 cm³/mol. The molecule has 6 nitrogen and oxygen atoms in total. The Morgan fingerprint density at radius 2 is 0.873 bits per heavy atom. The molecular formula is C49H34N6. The molecule has 10 aromatic rings. The topological polar surface area (TPSA) is 60.9 Å². The SMILES string of the molecule is C=N/C=C\c1cccc(-c2nc(-c3cccc4c5ccccc5n(-c5ccccc5)c34)nc(-c3cccc4c5ccccc5n(-c5ccccc5)c34)n2)c1C. The molecule has 3 heterocycles. The molecule has 0 saturated heterocycles. The van der Waals surface area contributed by atoms with Gasteiger partial charge in [-0.1, -0.05) is 115 Å². The Kier molecular flexibility index (Phi) is 7.74. The Balaban J connectivity index is 1.32. The molecule has 0 N–H and O–H groups in total. The Morgan fingerprint density at radius 1 is 0.455 bits per heavy atom. The fourth-order valence-corrected chi connectivity index (χ4v) is 8.04. The summed E-state index contributed by atoms with van der Waals surface area (Å²) in [4.78, 5) is 20.1. The third-order valence-electron chi connectivity index (χ3n) is 10.5. The minimum Gasteiger partial charge on any atom is -0.309 e. The predicted octanol–water partition coefficient (Wildman–Crippen LogP) is 12.0. The van der Waals surface area contributed by atoms with E-state index in [4.69, 9.17) is 15.0 Å². The van der Waals surface area contributed by atoms with Gasteiger partial charge in [-0.3, -0.25) is 4.99 Å². The molecule has 0 aliphatic heterocycles. The third kappa shape index (κ3) is 5.26. The van der Waals surface area contributed by atoms with Gasteiger partial charge >= 0.3 is 0 Å². The zero-order chi connectivity index (χ0) is 36.9. The van der Waals surface area contributed by atoms with E-state index in [1.165, 1.54) is 10.8 Å². The van der Waals surface area contributed by atoms with Crippen LogP contribution in [0.1, 0.15) is 11.1 Å². The first-order chi connectivity index (χ1) is 27.2. The first kappa shape index (κ1) is 32.2. The monoisotopic (exact) mass is 706 g/mol. The van der Waals surface area contributed by atoms with Crippen LogP contribution in [0.2, 0.25) is 0 Å². The van der Waals surface area contributed by atoms with Gasteiger partial charge in [-0.15, -0.1) is 0 Å². The molecule has 0 amide bonds.